The number of para-hydroxylation sites is 1. The number of benzene rings is 1. The van der Waals surface area contributed by atoms with E-state index in [1.165, 1.54) is 6.07 Å². The van der Waals surface area contributed by atoms with Gasteiger partial charge in [0.15, 0.2) is 0 Å². The Hall–Kier alpha value is -2.11. The molecule has 0 saturated carbocycles. The van der Waals surface area contributed by atoms with E-state index in [1.807, 2.05) is 20.8 Å². The molecule has 1 aromatic rings. The van der Waals surface area contributed by atoms with E-state index in [0.29, 0.717) is 5.69 Å². The number of carbonyl (C=O) groups excluding carboxylic acids is 1. The minimum Gasteiger partial charge on any atom is -0.383 e. The van der Waals surface area contributed by atoms with Gasteiger partial charge < -0.3 is 10.6 Å². The van der Waals surface area contributed by atoms with Gasteiger partial charge in [-0.15, -0.1) is 0 Å². The molecule has 18 heavy (non-hydrogen) atoms. The average Bonchev–Trinajstić information content (AvgIpc) is 2.25. The summed E-state index contributed by atoms with van der Waals surface area (Å²) in [6, 6.07) is 4.61. The molecule has 0 unspecified atom stereocenters. The number of hydrogen-bond donors (Lipinski definition) is 2. The van der Waals surface area contributed by atoms with Crippen LogP contribution in [0.25, 0.3) is 0 Å². The van der Waals surface area contributed by atoms with E-state index in [-0.39, 0.29) is 11.3 Å². The lowest BCUT2D eigenvalue weighted by Crippen LogP contribution is -2.40. The molecule has 0 saturated heterocycles. The molecular formula is C12H17N3O3. The van der Waals surface area contributed by atoms with Crippen LogP contribution in [-0.4, -0.2) is 23.4 Å². The number of nitrogens with one attached hydrogen (secondary N) is 2. The molecule has 0 aliphatic rings. The smallest absolute Gasteiger partial charge is 0.305 e. The fraction of sp³-hybridized carbons (Fsp3) is 0.417. The number of nitro groups is 1. The molecule has 0 atom stereocenters. The Labute approximate surface area is 106 Å². The quantitative estimate of drug-likeness (QED) is 0.637. The standard InChI is InChI=1S/C12H17N3O3/c1-12(2,3)14-11(16)8-6-5-7-9(13-4)10(8)15(17)18/h5-7,13H,1-4H3,(H,14,16). The highest BCUT2D eigenvalue weighted by Crippen LogP contribution is 2.28. The van der Waals surface area contributed by atoms with Gasteiger partial charge in [0.25, 0.3) is 5.91 Å². The van der Waals surface area contributed by atoms with Crippen LogP contribution in [0.2, 0.25) is 0 Å². The first-order chi connectivity index (χ1) is 8.26. The van der Waals surface area contributed by atoms with Gasteiger partial charge in [-0.25, -0.2) is 0 Å². The van der Waals surface area contributed by atoms with Crippen molar-refractivity contribution < 1.29 is 9.72 Å². The minimum absolute atomic E-state index is 0.0572. The zero-order valence-electron chi connectivity index (χ0n) is 10.9. The number of anilines is 1. The molecule has 0 aliphatic heterocycles. The molecule has 2 N–H and O–H groups in total. The zero-order valence-corrected chi connectivity index (χ0v) is 10.9. The summed E-state index contributed by atoms with van der Waals surface area (Å²) >= 11 is 0. The second-order valence-electron chi connectivity index (χ2n) is 4.91. The van der Waals surface area contributed by atoms with E-state index in [9.17, 15) is 14.9 Å². The van der Waals surface area contributed by atoms with Crippen LogP contribution in [0.5, 0.6) is 0 Å². The maximum atomic E-state index is 12.0. The summed E-state index contributed by atoms with van der Waals surface area (Å²) in [5, 5.41) is 16.5. The molecule has 1 amide bonds. The lowest BCUT2D eigenvalue weighted by atomic mass is 10.1. The van der Waals surface area contributed by atoms with Gasteiger partial charge in [-0.05, 0) is 32.9 Å². The number of carbonyl (C=O) groups is 1. The number of nitrogens with zero attached hydrogens (tertiary/aromatic N) is 1. The van der Waals surface area contributed by atoms with Crippen LogP contribution in [0.15, 0.2) is 18.2 Å². The lowest BCUT2D eigenvalue weighted by molar-refractivity contribution is -0.384. The second-order valence-corrected chi connectivity index (χ2v) is 4.91. The third-order valence-corrected chi connectivity index (χ3v) is 2.22. The fourth-order valence-electron chi connectivity index (χ4n) is 1.53. The summed E-state index contributed by atoms with van der Waals surface area (Å²) in [6.07, 6.45) is 0. The SMILES string of the molecule is CNc1cccc(C(=O)NC(C)(C)C)c1[N+](=O)[O-]. The normalized spacial score (nSPS) is 10.9. The van der Waals surface area contributed by atoms with Crippen molar-refractivity contribution in [3.05, 3.63) is 33.9 Å². The molecular weight excluding hydrogens is 234 g/mol. The van der Waals surface area contributed by atoms with Crippen molar-refractivity contribution in [2.75, 3.05) is 12.4 Å². The third kappa shape index (κ3) is 3.19. The number of rotatable bonds is 3. The molecule has 0 spiro atoms. The Kier molecular flexibility index (Phi) is 3.90. The maximum absolute atomic E-state index is 12.0. The molecule has 0 fully saturated rings. The highest BCUT2D eigenvalue weighted by atomic mass is 16.6. The first kappa shape index (κ1) is 14.0. The number of hydrogen-bond acceptors (Lipinski definition) is 4. The summed E-state index contributed by atoms with van der Waals surface area (Å²) in [6.45, 7) is 5.45. The highest BCUT2D eigenvalue weighted by molar-refractivity contribution is 6.00. The van der Waals surface area contributed by atoms with Crippen LogP contribution >= 0.6 is 0 Å². The van der Waals surface area contributed by atoms with E-state index in [0.717, 1.165) is 0 Å². The molecule has 6 heteroatoms. The molecule has 0 aromatic heterocycles. The first-order valence-corrected chi connectivity index (χ1v) is 5.54. The van der Waals surface area contributed by atoms with Gasteiger partial charge in [0, 0.05) is 12.6 Å². The van der Waals surface area contributed by atoms with Crippen LogP contribution in [0.1, 0.15) is 31.1 Å². The van der Waals surface area contributed by atoms with E-state index in [4.69, 9.17) is 0 Å². The van der Waals surface area contributed by atoms with Crippen LogP contribution in [0, 0.1) is 10.1 Å². The van der Waals surface area contributed by atoms with Crippen molar-refractivity contribution >= 4 is 17.3 Å². The van der Waals surface area contributed by atoms with Gasteiger partial charge in [0.2, 0.25) is 0 Å². The van der Waals surface area contributed by atoms with Gasteiger partial charge in [-0.2, -0.15) is 0 Å². The first-order valence-electron chi connectivity index (χ1n) is 5.54. The van der Waals surface area contributed by atoms with Gasteiger partial charge in [0.05, 0.1) is 4.92 Å². The Morgan fingerprint density at radius 3 is 2.39 bits per heavy atom. The third-order valence-electron chi connectivity index (χ3n) is 2.22. The number of amides is 1. The zero-order chi connectivity index (χ0) is 13.9. The average molecular weight is 251 g/mol. The van der Waals surface area contributed by atoms with Crippen molar-refractivity contribution in [1.29, 1.82) is 0 Å². The molecule has 98 valence electrons. The molecule has 0 bridgehead atoms. The molecule has 1 rings (SSSR count). The molecule has 1 aromatic carbocycles. The predicted octanol–water partition coefficient (Wildman–Crippen LogP) is 2.16. The highest BCUT2D eigenvalue weighted by Gasteiger charge is 2.26. The summed E-state index contributed by atoms with van der Waals surface area (Å²) < 4.78 is 0. The van der Waals surface area contributed by atoms with Gasteiger partial charge in [0.1, 0.15) is 11.3 Å². The van der Waals surface area contributed by atoms with Crippen molar-refractivity contribution in [3.63, 3.8) is 0 Å². The lowest BCUT2D eigenvalue weighted by Gasteiger charge is -2.20. The summed E-state index contributed by atoms with van der Waals surface area (Å²) in [5.74, 6) is -0.452. The Morgan fingerprint density at radius 1 is 1.33 bits per heavy atom. The van der Waals surface area contributed by atoms with Crippen LogP contribution < -0.4 is 10.6 Å². The summed E-state index contributed by atoms with van der Waals surface area (Å²) in [4.78, 5) is 22.5. The van der Waals surface area contributed by atoms with Gasteiger partial charge in [-0.3, -0.25) is 14.9 Å². The summed E-state index contributed by atoms with van der Waals surface area (Å²) in [5.41, 5.74) is -0.272. The molecule has 0 aliphatic carbocycles. The second kappa shape index (κ2) is 5.03. The van der Waals surface area contributed by atoms with Gasteiger partial charge in [-0.1, -0.05) is 6.07 Å². The topological polar surface area (TPSA) is 84.3 Å². The largest absolute Gasteiger partial charge is 0.383 e. The van der Waals surface area contributed by atoms with E-state index < -0.39 is 16.4 Å². The van der Waals surface area contributed by atoms with Crippen LogP contribution in [-0.2, 0) is 0 Å². The Balaban J connectivity index is 3.24. The van der Waals surface area contributed by atoms with E-state index >= 15 is 0 Å². The predicted molar refractivity (Wildman–Crippen MR) is 69.9 cm³/mol. The minimum atomic E-state index is -0.552. The maximum Gasteiger partial charge on any atom is 0.305 e. The van der Waals surface area contributed by atoms with Crippen molar-refractivity contribution in [2.45, 2.75) is 26.3 Å². The van der Waals surface area contributed by atoms with E-state index in [2.05, 4.69) is 10.6 Å². The fourth-order valence-corrected chi connectivity index (χ4v) is 1.53. The van der Waals surface area contributed by atoms with Crippen molar-refractivity contribution in [1.82, 2.24) is 5.32 Å². The molecule has 0 radical (unpaired) electrons. The summed E-state index contributed by atoms with van der Waals surface area (Å²) in [7, 11) is 1.58. The number of nitro benzene ring substituents is 1. The monoisotopic (exact) mass is 251 g/mol. The van der Waals surface area contributed by atoms with Crippen LogP contribution in [0.3, 0.4) is 0 Å². The molecule has 0 heterocycles. The van der Waals surface area contributed by atoms with Gasteiger partial charge >= 0.3 is 5.69 Å². The van der Waals surface area contributed by atoms with Crippen LogP contribution in [0.4, 0.5) is 11.4 Å². The van der Waals surface area contributed by atoms with E-state index in [1.54, 1.807) is 19.2 Å². The van der Waals surface area contributed by atoms with Crippen molar-refractivity contribution in [3.8, 4) is 0 Å². The molecule has 6 nitrogen and oxygen atoms in total. The Morgan fingerprint density at radius 2 is 1.94 bits per heavy atom. The Bertz CT molecular complexity index is 478. The van der Waals surface area contributed by atoms with Crippen molar-refractivity contribution in [2.24, 2.45) is 0 Å².